The number of hydrogen-bond donors (Lipinski definition) is 0. The zero-order valence-electron chi connectivity index (χ0n) is 14.7. The quantitative estimate of drug-likeness (QED) is 0.808. The maximum absolute atomic E-state index is 12.8. The number of anilines is 1. The summed E-state index contributed by atoms with van der Waals surface area (Å²) in [7, 11) is 0. The molecule has 130 valence electrons. The van der Waals surface area contributed by atoms with Gasteiger partial charge in [0.05, 0.1) is 29.8 Å². The molecule has 1 aromatic carbocycles. The Morgan fingerprint density at radius 1 is 1.04 bits per heavy atom. The largest absolute Gasteiger partial charge is 0.274 e. The van der Waals surface area contributed by atoms with E-state index in [1.165, 1.54) is 4.90 Å². The summed E-state index contributed by atoms with van der Waals surface area (Å²) in [6.07, 6.45) is 3.78. The number of rotatable bonds is 3. The normalized spacial score (nSPS) is 23.2. The highest BCUT2D eigenvalue weighted by molar-refractivity contribution is 6.22. The average Bonchev–Trinajstić information content (AvgIpc) is 3.05. The molecule has 0 spiro atoms. The Morgan fingerprint density at radius 2 is 1.72 bits per heavy atom. The van der Waals surface area contributed by atoms with E-state index in [9.17, 15) is 9.59 Å². The van der Waals surface area contributed by atoms with E-state index in [4.69, 9.17) is 0 Å². The standard InChI is InChI=1S/C20H23N3O2/c1-13-10-14(2)22(21-13)12-15-6-5-7-16(11-15)23-19(24)17-8-3-4-9-18(17)20(23)25/h5-7,10-11,17-18H,3-4,8-9,12H2,1-2H3/t17-,18+. The summed E-state index contributed by atoms with van der Waals surface area (Å²) in [5.41, 5.74) is 3.83. The van der Waals surface area contributed by atoms with Gasteiger partial charge >= 0.3 is 0 Å². The highest BCUT2D eigenvalue weighted by atomic mass is 16.2. The van der Waals surface area contributed by atoms with Gasteiger partial charge in [-0.1, -0.05) is 25.0 Å². The van der Waals surface area contributed by atoms with Gasteiger partial charge in [0.1, 0.15) is 0 Å². The van der Waals surface area contributed by atoms with Crippen molar-refractivity contribution in [2.24, 2.45) is 11.8 Å². The zero-order chi connectivity index (χ0) is 17.6. The SMILES string of the molecule is Cc1cc(C)n(Cc2cccc(N3C(=O)[C@H]4CCCC[C@H]4C3=O)c2)n1. The van der Waals surface area contributed by atoms with E-state index >= 15 is 0 Å². The summed E-state index contributed by atoms with van der Waals surface area (Å²) in [6, 6.07) is 9.78. The van der Waals surface area contributed by atoms with Crippen molar-refractivity contribution in [3.63, 3.8) is 0 Å². The van der Waals surface area contributed by atoms with Crippen molar-refractivity contribution in [2.75, 3.05) is 4.90 Å². The zero-order valence-corrected chi connectivity index (χ0v) is 14.7. The first-order chi connectivity index (χ1) is 12.0. The molecule has 2 aromatic rings. The van der Waals surface area contributed by atoms with E-state index in [2.05, 4.69) is 5.10 Å². The van der Waals surface area contributed by atoms with Crippen LogP contribution in [-0.4, -0.2) is 21.6 Å². The van der Waals surface area contributed by atoms with Crippen LogP contribution in [0.5, 0.6) is 0 Å². The molecule has 0 bridgehead atoms. The minimum atomic E-state index is -0.110. The molecule has 2 amide bonds. The highest BCUT2D eigenvalue weighted by Crippen LogP contribution is 2.40. The number of nitrogens with zero attached hydrogens (tertiary/aromatic N) is 3. The summed E-state index contributed by atoms with van der Waals surface area (Å²) in [4.78, 5) is 27.0. The smallest absolute Gasteiger partial charge is 0.237 e. The summed E-state index contributed by atoms with van der Waals surface area (Å²) in [5, 5.41) is 4.49. The van der Waals surface area contributed by atoms with Gasteiger partial charge in [0.25, 0.3) is 0 Å². The molecule has 1 saturated carbocycles. The molecule has 2 heterocycles. The van der Waals surface area contributed by atoms with Crippen LogP contribution < -0.4 is 4.90 Å². The molecule has 25 heavy (non-hydrogen) atoms. The van der Waals surface area contributed by atoms with Crippen molar-refractivity contribution in [3.05, 3.63) is 47.3 Å². The van der Waals surface area contributed by atoms with Crippen molar-refractivity contribution in [1.29, 1.82) is 0 Å². The van der Waals surface area contributed by atoms with Crippen molar-refractivity contribution in [1.82, 2.24) is 9.78 Å². The second kappa shape index (κ2) is 6.14. The molecule has 0 N–H and O–H groups in total. The Balaban J connectivity index is 1.62. The fourth-order valence-corrected chi connectivity index (χ4v) is 4.22. The highest BCUT2D eigenvalue weighted by Gasteiger charge is 2.48. The molecule has 1 saturated heterocycles. The van der Waals surface area contributed by atoms with E-state index in [0.717, 1.165) is 42.6 Å². The van der Waals surface area contributed by atoms with Crippen molar-refractivity contribution >= 4 is 17.5 Å². The van der Waals surface area contributed by atoms with Crippen LogP contribution in [-0.2, 0) is 16.1 Å². The van der Waals surface area contributed by atoms with E-state index in [1.54, 1.807) is 0 Å². The number of hydrogen-bond acceptors (Lipinski definition) is 3. The third-order valence-electron chi connectivity index (χ3n) is 5.45. The Labute approximate surface area is 147 Å². The number of amides is 2. The third kappa shape index (κ3) is 2.77. The van der Waals surface area contributed by atoms with Crippen LogP contribution in [0, 0.1) is 25.7 Å². The number of carbonyl (C=O) groups is 2. The summed E-state index contributed by atoms with van der Waals surface area (Å²) in [6.45, 7) is 4.64. The molecule has 2 fully saturated rings. The number of aryl methyl sites for hydroxylation is 2. The first-order valence-electron chi connectivity index (χ1n) is 9.02. The molecule has 0 radical (unpaired) electrons. The van der Waals surface area contributed by atoms with Crippen LogP contribution in [0.4, 0.5) is 5.69 Å². The molecule has 2 atom stereocenters. The van der Waals surface area contributed by atoms with Crippen LogP contribution in [0.1, 0.15) is 42.6 Å². The van der Waals surface area contributed by atoms with Crippen LogP contribution in [0.15, 0.2) is 30.3 Å². The molecular weight excluding hydrogens is 314 g/mol. The maximum atomic E-state index is 12.8. The van der Waals surface area contributed by atoms with Gasteiger partial charge in [-0.2, -0.15) is 5.10 Å². The lowest BCUT2D eigenvalue weighted by Gasteiger charge is -2.19. The molecule has 1 aliphatic heterocycles. The average molecular weight is 337 g/mol. The van der Waals surface area contributed by atoms with Gasteiger partial charge in [-0.05, 0) is 50.5 Å². The second-order valence-corrected chi connectivity index (χ2v) is 7.26. The van der Waals surface area contributed by atoms with Crippen molar-refractivity contribution < 1.29 is 9.59 Å². The number of imide groups is 1. The predicted molar refractivity (Wildman–Crippen MR) is 95.2 cm³/mol. The Morgan fingerprint density at radius 3 is 2.32 bits per heavy atom. The first-order valence-corrected chi connectivity index (χ1v) is 9.02. The number of aromatic nitrogens is 2. The Bertz CT molecular complexity index is 815. The second-order valence-electron chi connectivity index (χ2n) is 7.26. The van der Waals surface area contributed by atoms with E-state index in [0.29, 0.717) is 12.2 Å². The fraction of sp³-hybridized carbons (Fsp3) is 0.450. The number of carbonyl (C=O) groups excluding carboxylic acids is 2. The maximum Gasteiger partial charge on any atom is 0.237 e. The first kappa shape index (κ1) is 16.1. The molecule has 2 aliphatic rings. The molecular formula is C20H23N3O2. The topological polar surface area (TPSA) is 55.2 Å². The lowest BCUT2D eigenvalue weighted by Crippen LogP contribution is -2.30. The molecule has 4 rings (SSSR count). The van der Waals surface area contributed by atoms with Gasteiger partial charge in [-0.15, -0.1) is 0 Å². The fourth-order valence-electron chi connectivity index (χ4n) is 4.22. The van der Waals surface area contributed by atoms with Crippen LogP contribution in [0.25, 0.3) is 0 Å². The minimum Gasteiger partial charge on any atom is -0.274 e. The lowest BCUT2D eigenvalue weighted by molar-refractivity contribution is -0.122. The van der Waals surface area contributed by atoms with E-state index in [1.807, 2.05) is 48.9 Å². The van der Waals surface area contributed by atoms with Gasteiger partial charge in [-0.25, -0.2) is 0 Å². The van der Waals surface area contributed by atoms with Crippen LogP contribution >= 0.6 is 0 Å². The van der Waals surface area contributed by atoms with E-state index in [-0.39, 0.29) is 23.7 Å². The van der Waals surface area contributed by atoms with Gasteiger partial charge in [0, 0.05) is 5.69 Å². The molecule has 5 nitrogen and oxygen atoms in total. The van der Waals surface area contributed by atoms with Crippen molar-refractivity contribution in [3.8, 4) is 0 Å². The van der Waals surface area contributed by atoms with Crippen LogP contribution in [0.3, 0.4) is 0 Å². The summed E-state index contributed by atoms with van der Waals surface area (Å²) >= 11 is 0. The molecule has 1 aliphatic carbocycles. The summed E-state index contributed by atoms with van der Waals surface area (Å²) in [5.74, 6) is -0.252. The van der Waals surface area contributed by atoms with Crippen LogP contribution in [0.2, 0.25) is 0 Å². The van der Waals surface area contributed by atoms with E-state index < -0.39 is 0 Å². The summed E-state index contributed by atoms with van der Waals surface area (Å²) < 4.78 is 1.95. The lowest BCUT2D eigenvalue weighted by atomic mass is 9.81. The number of benzene rings is 1. The third-order valence-corrected chi connectivity index (χ3v) is 5.45. The molecule has 0 unspecified atom stereocenters. The van der Waals surface area contributed by atoms with Gasteiger partial charge in [0.2, 0.25) is 11.8 Å². The van der Waals surface area contributed by atoms with Gasteiger partial charge in [0.15, 0.2) is 0 Å². The van der Waals surface area contributed by atoms with Gasteiger partial charge < -0.3 is 0 Å². The molecule has 5 heteroatoms. The Kier molecular flexibility index (Phi) is 3.94. The van der Waals surface area contributed by atoms with Gasteiger partial charge in [-0.3, -0.25) is 19.2 Å². The molecule has 1 aromatic heterocycles. The minimum absolute atomic E-state index is 0.0158. The Hall–Kier alpha value is -2.43. The number of fused-ring (bicyclic) bond motifs is 1. The monoisotopic (exact) mass is 337 g/mol. The van der Waals surface area contributed by atoms with Crippen molar-refractivity contribution in [2.45, 2.75) is 46.1 Å². The predicted octanol–water partition coefficient (Wildman–Crippen LogP) is 3.23.